The van der Waals surface area contributed by atoms with E-state index in [-0.39, 0.29) is 22.6 Å². The van der Waals surface area contributed by atoms with Crippen LogP contribution in [0.1, 0.15) is 44.9 Å². The van der Waals surface area contributed by atoms with Crippen molar-refractivity contribution in [3.8, 4) is 5.75 Å². The van der Waals surface area contributed by atoms with Crippen molar-refractivity contribution in [3.63, 3.8) is 0 Å². The maximum absolute atomic E-state index is 12.5. The lowest BCUT2D eigenvalue weighted by Crippen LogP contribution is -2.32. The molecule has 3 rings (SSSR count). The van der Waals surface area contributed by atoms with Gasteiger partial charge in [0.1, 0.15) is 11.3 Å². The van der Waals surface area contributed by atoms with Gasteiger partial charge in [0, 0.05) is 0 Å². The summed E-state index contributed by atoms with van der Waals surface area (Å²) in [6, 6.07) is 12.9. The molecule has 25 heavy (non-hydrogen) atoms. The third kappa shape index (κ3) is 3.24. The number of ether oxygens (including phenoxy) is 1. The maximum atomic E-state index is 12.5. The topological polar surface area (TPSA) is 72.9 Å². The predicted molar refractivity (Wildman–Crippen MR) is 89.1 cm³/mol. The van der Waals surface area contributed by atoms with E-state index in [4.69, 9.17) is 9.57 Å². The van der Waals surface area contributed by atoms with Crippen LogP contribution in [-0.2, 0) is 4.84 Å². The lowest BCUT2D eigenvalue weighted by atomic mass is 10.1. The van der Waals surface area contributed by atoms with Gasteiger partial charge in [0.25, 0.3) is 11.8 Å². The van der Waals surface area contributed by atoms with E-state index in [2.05, 4.69) is 0 Å². The first-order valence-corrected chi connectivity index (χ1v) is 7.91. The molecule has 0 unspecified atom stereocenters. The number of benzene rings is 2. The highest BCUT2D eigenvalue weighted by Gasteiger charge is 2.39. The Morgan fingerprint density at radius 2 is 1.52 bits per heavy atom. The van der Waals surface area contributed by atoms with Crippen molar-refractivity contribution in [2.75, 3.05) is 6.61 Å². The molecule has 0 fully saturated rings. The van der Waals surface area contributed by atoms with Crippen LogP contribution in [0.5, 0.6) is 5.75 Å². The van der Waals surface area contributed by atoms with E-state index in [0.717, 1.165) is 0 Å². The standard InChI is InChI=1S/C19H17NO5/c1-12(2)11-24-16-10-6-5-9-15(16)19(23)25-20-17(21)13-7-3-4-8-14(13)18(20)22/h3-10,12H,11H2,1-2H3. The summed E-state index contributed by atoms with van der Waals surface area (Å²) < 4.78 is 5.61. The quantitative estimate of drug-likeness (QED) is 0.783. The molecule has 0 atom stereocenters. The Kier molecular flexibility index (Phi) is 4.52. The van der Waals surface area contributed by atoms with Crippen LogP contribution in [-0.4, -0.2) is 29.5 Å². The van der Waals surface area contributed by atoms with Gasteiger partial charge in [0.05, 0.1) is 17.7 Å². The molecule has 2 aromatic carbocycles. The number of imide groups is 1. The molecule has 1 aliphatic rings. The molecule has 6 nitrogen and oxygen atoms in total. The van der Waals surface area contributed by atoms with Gasteiger partial charge in [-0.05, 0) is 30.2 Å². The molecule has 1 heterocycles. The molecular weight excluding hydrogens is 322 g/mol. The summed E-state index contributed by atoms with van der Waals surface area (Å²) in [4.78, 5) is 42.1. The van der Waals surface area contributed by atoms with Crippen molar-refractivity contribution >= 4 is 17.8 Å². The predicted octanol–water partition coefficient (Wildman–Crippen LogP) is 3.09. The molecule has 1 aliphatic heterocycles. The molecule has 128 valence electrons. The summed E-state index contributed by atoms with van der Waals surface area (Å²) in [6.07, 6.45) is 0. The zero-order valence-electron chi connectivity index (χ0n) is 13.9. The van der Waals surface area contributed by atoms with Crippen LogP contribution in [0.4, 0.5) is 0 Å². The maximum Gasteiger partial charge on any atom is 0.367 e. The molecular formula is C19H17NO5. The van der Waals surface area contributed by atoms with E-state index in [9.17, 15) is 14.4 Å². The van der Waals surface area contributed by atoms with Crippen LogP contribution in [0, 0.1) is 5.92 Å². The highest BCUT2D eigenvalue weighted by molar-refractivity contribution is 6.21. The number of nitrogens with zero attached hydrogens (tertiary/aromatic N) is 1. The van der Waals surface area contributed by atoms with Gasteiger partial charge in [-0.3, -0.25) is 9.59 Å². The van der Waals surface area contributed by atoms with Crippen LogP contribution in [0.2, 0.25) is 0 Å². The smallest absolute Gasteiger partial charge is 0.367 e. The van der Waals surface area contributed by atoms with Gasteiger partial charge in [0.15, 0.2) is 0 Å². The fourth-order valence-corrected chi connectivity index (χ4v) is 2.40. The number of hydroxylamine groups is 2. The van der Waals surface area contributed by atoms with Crippen molar-refractivity contribution < 1.29 is 24.0 Å². The highest BCUT2D eigenvalue weighted by Crippen LogP contribution is 2.25. The Morgan fingerprint density at radius 3 is 2.12 bits per heavy atom. The zero-order chi connectivity index (χ0) is 18.0. The van der Waals surface area contributed by atoms with E-state index < -0.39 is 17.8 Å². The third-order valence-electron chi connectivity index (χ3n) is 3.61. The lowest BCUT2D eigenvalue weighted by molar-refractivity contribution is -0.0586. The minimum Gasteiger partial charge on any atom is -0.492 e. The van der Waals surface area contributed by atoms with Crippen molar-refractivity contribution in [1.82, 2.24) is 5.06 Å². The fraction of sp³-hybridized carbons (Fsp3) is 0.211. The molecule has 0 aromatic heterocycles. The first kappa shape index (κ1) is 16.7. The number of fused-ring (bicyclic) bond motifs is 1. The van der Waals surface area contributed by atoms with E-state index >= 15 is 0 Å². The van der Waals surface area contributed by atoms with Crippen LogP contribution in [0.15, 0.2) is 48.5 Å². The summed E-state index contributed by atoms with van der Waals surface area (Å²) in [7, 11) is 0. The molecule has 0 aliphatic carbocycles. The van der Waals surface area contributed by atoms with Crippen LogP contribution >= 0.6 is 0 Å². The van der Waals surface area contributed by atoms with Gasteiger partial charge in [-0.25, -0.2) is 4.79 Å². The van der Waals surface area contributed by atoms with Gasteiger partial charge < -0.3 is 9.57 Å². The molecule has 6 heteroatoms. The van der Waals surface area contributed by atoms with E-state index in [0.29, 0.717) is 17.4 Å². The van der Waals surface area contributed by atoms with Crippen LogP contribution in [0.25, 0.3) is 0 Å². The van der Waals surface area contributed by atoms with Crippen molar-refractivity contribution in [2.45, 2.75) is 13.8 Å². The molecule has 0 radical (unpaired) electrons. The summed E-state index contributed by atoms with van der Waals surface area (Å²) in [5.74, 6) is -1.52. The number of amides is 2. The molecule has 0 spiro atoms. The second kappa shape index (κ2) is 6.76. The van der Waals surface area contributed by atoms with E-state index in [1.54, 1.807) is 30.3 Å². The molecule has 2 amide bonds. The second-order valence-corrected chi connectivity index (χ2v) is 6.03. The Morgan fingerprint density at radius 1 is 0.960 bits per heavy atom. The summed E-state index contributed by atoms with van der Waals surface area (Å²) in [5, 5.41) is 0.492. The van der Waals surface area contributed by atoms with Gasteiger partial charge >= 0.3 is 5.97 Å². The van der Waals surface area contributed by atoms with Crippen LogP contribution in [0.3, 0.4) is 0 Å². The minimum absolute atomic E-state index is 0.153. The first-order valence-electron chi connectivity index (χ1n) is 7.91. The monoisotopic (exact) mass is 339 g/mol. The number of carbonyl (C=O) groups excluding carboxylic acids is 3. The van der Waals surface area contributed by atoms with E-state index in [1.807, 2.05) is 13.8 Å². The minimum atomic E-state index is -0.825. The highest BCUT2D eigenvalue weighted by atomic mass is 16.7. The SMILES string of the molecule is CC(C)COc1ccccc1C(=O)ON1C(=O)c2ccccc2C1=O. The molecule has 0 saturated heterocycles. The van der Waals surface area contributed by atoms with E-state index in [1.165, 1.54) is 18.2 Å². The van der Waals surface area contributed by atoms with Crippen molar-refractivity contribution in [1.29, 1.82) is 0 Å². The first-order chi connectivity index (χ1) is 12.0. The molecule has 0 saturated carbocycles. The lowest BCUT2D eigenvalue weighted by Gasteiger charge is -2.15. The number of rotatable bonds is 5. The zero-order valence-corrected chi connectivity index (χ0v) is 13.9. The van der Waals surface area contributed by atoms with Gasteiger partial charge in [-0.1, -0.05) is 43.2 Å². The summed E-state index contributed by atoms with van der Waals surface area (Å²) in [6.45, 7) is 4.40. The Labute approximate surface area is 144 Å². The summed E-state index contributed by atoms with van der Waals surface area (Å²) in [5.41, 5.74) is 0.578. The van der Waals surface area contributed by atoms with Gasteiger partial charge in [-0.15, -0.1) is 0 Å². The number of carbonyl (C=O) groups is 3. The average molecular weight is 339 g/mol. The molecule has 0 bridgehead atoms. The van der Waals surface area contributed by atoms with Gasteiger partial charge in [-0.2, -0.15) is 0 Å². The Balaban J connectivity index is 1.80. The fourth-order valence-electron chi connectivity index (χ4n) is 2.40. The Bertz CT molecular complexity index is 808. The third-order valence-corrected chi connectivity index (χ3v) is 3.61. The molecule has 0 N–H and O–H groups in total. The van der Waals surface area contributed by atoms with Crippen LogP contribution < -0.4 is 4.74 Å². The van der Waals surface area contributed by atoms with Crippen molar-refractivity contribution in [3.05, 3.63) is 65.2 Å². The molecule has 2 aromatic rings. The summed E-state index contributed by atoms with van der Waals surface area (Å²) >= 11 is 0. The van der Waals surface area contributed by atoms with Crippen molar-refractivity contribution in [2.24, 2.45) is 5.92 Å². The average Bonchev–Trinajstić information content (AvgIpc) is 2.85. The number of hydrogen-bond acceptors (Lipinski definition) is 5. The number of hydrogen-bond donors (Lipinski definition) is 0. The normalized spacial score (nSPS) is 13.2. The second-order valence-electron chi connectivity index (χ2n) is 6.03. The largest absolute Gasteiger partial charge is 0.492 e. The Hall–Kier alpha value is -3.15. The van der Waals surface area contributed by atoms with Gasteiger partial charge in [0.2, 0.25) is 0 Å². The number of para-hydroxylation sites is 1.